The zero-order valence-electron chi connectivity index (χ0n) is 22.0. The van der Waals surface area contributed by atoms with E-state index < -0.39 is 24.1 Å². The van der Waals surface area contributed by atoms with E-state index in [1.807, 2.05) is 38.1 Å². The average molecular weight is 549 g/mol. The molecule has 0 spiro atoms. The number of benzene rings is 2. The van der Waals surface area contributed by atoms with Gasteiger partial charge in [0, 0.05) is 26.4 Å². The number of nitrogens with zero attached hydrogens (tertiary/aromatic N) is 4. The minimum atomic E-state index is -4.39. The molecule has 2 heterocycles. The third-order valence-corrected chi connectivity index (χ3v) is 6.27. The van der Waals surface area contributed by atoms with Gasteiger partial charge in [-0.25, -0.2) is 9.67 Å². The number of alkyl halides is 3. The van der Waals surface area contributed by atoms with Crippen LogP contribution in [0.3, 0.4) is 0 Å². The summed E-state index contributed by atoms with van der Waals surface area (Å²) in [6, 6.07) is 12.0. The van der Waals surface area contributed by atoms with Gasteiger partial charge in [-0.1, -0.05) is 36.3 Å². The Balaban J connectivity index is 1.39. The second-order valence-electron chi connectivity index (χ2n) is 8.96. The molecule has 2 aromatic carbocycles. The Morgan fingerprint density at radius 1 is 1.00 bits per heavy atom. The van der Waals surface area contributed by atoms with Gasteiger partial charge in [-0.2, -0.15) is 13.2 Å². The van der Waals surface area contributed by atoms with Crippen LogP contribution in [0.15, 0.2) is 60.0 Å². The molecule has 1 aromatic heterocycles. The van der Waals surface area contributed by atoms with E-state index in [0.717, 1.165) is 29.7 Å². The number of halogens is 3. The second-order valence-corrected chi connectivity index (χ2v) is 8.96. The van der Waals surface area contributed by atoms with Gasteiger partial charge in [0.05, 0.1) is 23.6 Å². The van der Waals surface area contributed by atoms with Gasteiger partial charge in [0.15, 0.2) is 11.9 Å². The third kappa shape index (κ3) is 6.82. The summed E-state index contributed by atoms with van der Waals surface area (Å²) in [5.41, 5.74) is 1.23. The predicted molar refractivity (Wildman–Crippen MR) is 136 cm³/mol. The van der Waals surface area contributed by atoms with Crippen LogP contribution in [-0.2, 0) is 30.0 Å². The Bertz CT molecular complexity index is 1220. The van der Waals surface area contributed by atoms with Crippen molar-refractivity contribution in [1.82, 2.24) is 14.8 Å². The van der Waals surface area contributed by atoms with Crippen LogP contribution < -0.4 is 0 Å². The fourth-order valence-corrected chi connectivity index (χ4v) is 4.27. The van der Waals surface area contributed by atoms with Crippen LogP contribution in [0.2, 0.25) is 0 Å². The van der Waals surface area contributed by atoms with E-state index in [-0.39, 0.29) is 18.3 Å². The lowest BCUT2D eigenvalue weighted by Gasteiger charge is -2.42. The lowest BCUT2D eigenvalue weighted by atomic mass is 9.99. The first kappa shape index (κ1) is 28.7. The van der Waals surface area contributed by atoms with E-state index >= 15 is 0 Å². The Kier molecular flexibility index (Phi) is 9.33. The highest BCUT2D eigenvalue weighted by Crippen LogP contribution is 2.30. The Labute approximate surface area is 224 Å². The first-order valence-corrected chi connectivity index (χ1v) is 12.5. The molecule has 0 bridgehead atoms. The maximum absolute atomic E-state index is 12.8. The summed E-state index contributed by atoms with van der Waals surface area (Å²) in [6.07, 6.45) is -2.86. The standard InChI is InChI=1S/C27H31F3N4O5/c1-5-14-37-23-22(35-3)17(2)38-26(24(23)36-4)39-32-15-18-6-8-19(9-7-18)25-31-16-34(33-25)21-12-10-20(11-13-21)27(28,29)30/h6-13,15-17,22-24,26H,5,14H2,1-4H3/b32-15+/t17-,22-,23+,24+,26-/m0/s1. The molecular formula is C27H31F3N4O5. The zero-order chi connectivity index (χ0) is 28.0. The molecule has 1 fully saturated rings. The van der Waals surface area contributed by atoms with Gasteiger partial charge < -0.3 is 23.8 Å². The van der Waals surface area contributed by atoms with Crippen molar-refractivity contribution in [2.24, 2.45) is 5.16 Å². The molecule has 9 nitrogen and oxygen atoms in total. The van der Waals surface area contributed by atoms with E-state index in [1.54, 1.807) is 20.4 Å². The normalized spacial score (nSPS) is 23.8. The number of hydrogen-bond donors (Lipinski definition) is 0. The predicted octanol–water partition coefficient (Wildman–Crippen LogP) is 4.87. The Morgan fingerprint density at radius 3 is 2.31 bits per heavy atom. The second kappa shape index (κ2) is 12.7. The lowest BCUT2D eigenvalue weighted by Crippen LogP contribution is -2.59. The Hall–Kier alpha value is -3.32. The van der Waals surface area contributed by atoms with E-state index in [0.29, 0.717) is 18.1 Å². The van der Waals surface area contributed by atoms with Crippen molar-refractivity contribution >= 4 is 6.21 Å². The molecule has 39 heavy (non-hydrogen) atoms. The molecule has 12 heteroatoms. The van der Waals surface area contributed by atoms with Gasteiger partial charge in [-0.05, 0) is 43.2 Å². The maximum Gasteiger partial charge on any atom is 0.416 e. The molecule has 0 aliphatic carbocycles. The molecule has 5 atom stereocenters. The highest BCUT2D eigenvalue weighted by molar-refractivity contribution is 5.80. The maximum atomic E-state index is 12.8. The van der Waals surface area contributed by atoms with E-state index in [2.05, 4.69) is 15.2 Å². The average Bonchev–Trinajstić information content (AvgIpc) is 3.42. The smallest absolute Gasteiger partial charge is 0.376 e. The van der Waals surface area contributed by atoms with E-state index in [9.17, 15) is 13.2 Å². The Morgan fingerprint density at radius 2 is 1.69 bits per heavy atom. The fourth-order valence-electron chi connectivity index (χ4n) is 4.27. The van der Waals surface area contributed by atoms with Crippen molar-refractivity contribution in [1.29, 1.82) is 0 Å². The molecule has 0 amide bonds. The molecule has 0 radical (unpaired) electrons. The molecular weight excluding hydrogens is 517 g/mol. The summed E-state index contributed by atoms with van der Waals surface area (Å²) < 4.78 is 63.0. The van der Waals surface area contributed by atoms with Crippen LogP contribution in [0.25, 0.3) is 17.1 Å². The van der Waals surface area contributed by atoms with Crippen LogP contribution in [0.1, 0.15) is 31.4 Å². The molecule has 1 aliphatic rings. The molecule has 210 valence electrons. The molecule has 3 aromatic rings. The number of rotatable bonds is 10. The summed E-state index contributed by atoms with van der Waals surface area (Å²) in [6.45, 7) is 4.46. The lowest BCUT2D eigenvalue weighted by molar-refractivity contribution is -0.308. The van der Waals surface area contributed by atoms with Crippen molar-refractivity contribution in [2.45, 2.75) is 57.2 Å². The number of methoxy groups -OCH3 is 2. The van der Waals surface area contributed by atoms with Gasteiger partial charge >= 0.3 is 6.18 Å². The quantitative estimate of drug-likeness (QED) is 0.264. The summed E-state index contributed by atoms with van der Waals surface area (Å²) in [4.78, 5) is 9.92. The molecule has 1 saturated heterocycles. The van der Waals surface area contributed by atoms with Crippen LogP contribution in [0, 0.1) is 0 Å². The highest BCUT2D eigenvalue weighted by atomic mass is 19.4. The number of aromatic nitrogens is 3. The third-order valence-electron chi connectivity index (χ3n) is 6.27. The molecule has 0 N–H and O–H groups in total. The highest BCUT2D eigenvalue weighted by Gasteiger charge is 2.47. The monoisotopic (exact) mass is 548 g/mol. The largest absolute Gasteiger partial charge is 0.416 e. The van der Waals surface area contributed by atoms with Crippen molar-refractivity contribution in [3.8, 4) is 17.1 Å². The topological polar surface area (TPSA) is 89.2 Å². The van der Waals surface area contributed by atoms with Gasteiger partial charge in [-0.3, -0.25) is 0 Å². The summed E-state index contributed by atoms with van der Waals surface area (Å²) >= 11 is 0. The van der Waals surface area contributed by atoms with Crippen LogP contribution in [0.4, 0.5) is 13.2 Å². The van der Waals surface area contributed by atoms with Crippen molar-refractivity contribution < 1.29 is 37.0 Å². The minimum absolute atomic E-state index is 0.294. The van der Waals surface area contributed by atoms with Gasteiger partial charge in [0.2, 0.25) is 0 Å². The van der Waals surface area contributed by atoms with Crippen LogP contribution in [0.5, 0.6) is 0 Å². The van der Waals surface area contributed by atoms with Crippen molar-refractivity contribution in [3.05, 3.63) is 66.0 Å². The van der Waals surface area contributed by atoms with Crippen LogP contribution >= 0.6 is 0 Å². The van der Waals surface area contributed by atoms with Gasteiger partial charge in [0.25, 0.3) is 6.29 Å². The number of hydrogen-bond acceptors (Lipinski definition) is 8. The zero-order valence-corrected chi connectivity index (χ0v) is 22.0. The molecule has 0 saturated carbocycles. The molecule has 1 aliphatic heterocycles. The summed E-state index contributed by atoms with van der Waals surface area (Å²) in [7, 11) is 3.17. The first-order chi connectivity index (χ1) is 18.7. The summed E-state index contributed by atoms with van der Waals surface area (Å²) in [5.74, 6) is 0.424. The van der Waals surface area contributed by atoms with Crippen molar-refractivity contribution in [2.75, 3.05) is 20.8 Å². The van der Waals surface area contributed by atoms with Gasteiger partial charge in [0.1, 0.15) is 18.5 Å². The minimum Gasteiger partial charge on any atom is -0.376 e. The van der Waals surface area contributed by atoms with E-state index in [1.165, 1.54) is 23.1 Å². The summed E-state index contributed by atoms with van der Waals surface area (Å²) in [5, 5.41) is 8.47. The first-order valence-electron chi connectivity index (χ1n) is 12.5. The van der Waals surface area contributed by atoms with E-state index in [4.69, 9.17) is 23.8 Å². The molecule has 0 unspecified atom stereocenters. The molecule has 4 rings (SSSR count). The number of oxime groups is 1. The van der Waals surface area contributed by atoms with Gasteiger partial charge in [-0.15, -0.1) is 5.10 Å². The fraction of sp³-hybridized carbons (Fsp3) is 0.444. The van der Waals surface area contributed by atoms with Crippen LogP contribution in [-0.4, -0.2) is 72.5 Å². The van der Waals surface area contributed by atoms with Crippen molar-refractivity contribution in [3.63, 3.8) is 0 Å². The number of ether oxygens (including phenoxy) is 4. The SMILES string of the molecule is CCCO[C@@H]1[C@@H](OC)[C@H](C)O[C@@H](O/N=C/c2ccc(-c3ncn(-c4ccc(C(F)(F)F)cc4)n3)cc2)[C@@H]1OC.